The minimum Gasteiger partial charge on any atom is -0.431 e. The maximum atomic E-state index is 11.2. The zero-order valence-corrected chi connectivity index (χ0v) is 24.4. The third kappa shape index (κ3) is 11.0. The molecule has 0 aromatic rings. The SMILES string of the molecule is CC(=O)N1CCCC1C(C)(C)C.CC(C)(C)C1CCCCC1.CC1=C(CC(C)(C)C)OC(=O)C1. The van der Waals surface area contributed by atoms with Crippen molar-refractivity contribution in [3.8, 4) is 0 Å². The Morgan fingerprint density at radius 1 is 0.882 bits per heavy atom. The Morgan fingerprint density at radius 3 is 1.76 bits per heavy atom. The quantitative estimate of drug-likeness (QED) is 0.357. The molecule has 2 fully saturated rings. The number of rotatable bonds is 1. The highest BCUT2D eigenvalue weighted by Gasteiger charge is 2.35. The molecule has 1 saturated carbocycles. The Morgan fingerprint density at radius 2 is 1.44 bits per heavy atom. The minimum atomic E-state index is -0.105. The van der Waals surface area contributed by atoms with Gasteiger partial charge in [-0.3, -0.25) is 9.59 Å². The van der Waals surface area contributed by atoms with Gasteiger partial charge in [-0.1, -0.05) is 81.6 Å². The van der Waals surface area contributed by atoms with Crippen LogP contribution in [0.2, 0.25) is 0 Å². The Balaban J connectivity index is 0.000000256. The number of hydrogen-bond donors (Lipinski definition) is 0. The summed E-state index contributed by atoms with van der Waals surface area (Å²) in [6.45, 7) is 24.8. The van der Waals surface area contributed by atoms with Crippen molar-refractivity contribution in [1.29, 1.82) is 0 Å². The highest BCUT2D eigenvalue weighted by molar-refractivity contribution is 5.76. The Kier molecular flexibility index (Phi) is 11.4. The van der Waals surface area contributed by atoms with Gasteiger partial charge in [0.2, 0.25) is 5.91 Å². The average Bonchev–Trinajstić information content (AvgIpc) is 3.28. The number of carbonyl (C=O) groups excluding carboxylic acids is 2. The number of cyclic esters (lactones) is 1. The largest absolute Gasteiger partial charge is 0.431 e. The number of esters is 1. The number of allylic oxidation sites excluding steroid dienone is 1. The van der Waals surface area contributed by atoms with E-state index in [1.54, 1.807) is 6.92 Å². The van der Waals surface area contributed by atoms with Gasteiger partial charge in [0, 0.05) is 25.9 Å². The third-order valence-corrected chi connectivity index (χ3v) is 7.30. The lowest BCUT2D eigenvalue weighted by Crippen LogP contribution is -2.41. The molecular weight excluding hydrogens is 422 g/mol. The second-order valence-electron chi connectivity index (χ2n) is 14.0. The summed E-state index contributed by atoms with van der Waals surface area (Å²) in [5.74, 6) is 2.01. The molecule has 0 radical (unpaired) electrons. The van der Waals surface area contributed by atoms with E-state index in [4.69, 9.17) is 4.74 Å². The van der Waals surface area contributed by atoms with E-state index < -0.39 is 0 Å². The summed E-state index contributed by atoms with van der Waals surface area (Å²) in [6.07, 6.45) is 11.0. The molecule has 0 bridgehead atoms. The zero-order chi connectivity index (χ0) is 26.3. The fraction of sp³-hybridized carbons (Fsp3) is 0.867. The molecule has 1 atom stereocenters. The van der Waals surface area contributed by atoms with E-state index in [2.05, 4.69) is 62.3 Å². The van der Waals surface area contributed by atoms with Crippen LogP contribution in [0.25, 0.3) is 0 Å². The van der Waals surface area contributed by atoms with Crippen LogP contribution in [-0.4, -0.2) is 29.4 Å². The van der Waals surface area contributed by atoms with E-state index in [-0.39, 0.29) is 22.7 Å². The van der Waals surface area contributed by atoms with Crippen LogP contribution in [-0.2, 0) is 14.3 Å². The summed E-state index contributed by atoms with van der Waals surface area (Å²) in [5, 5.41) is 0. The lowest BCUT2D eigenvalue weighted by atomic mass is 9.72. The smallest absolute Gasteiger partial charge is 0.315 e. The topological polar surface area (TPSA) is 46.6 Å². The maximum absolute atomic E-state index is 11.2. The number of likely N-dealkylation sites (tertiary alicyclic amines) is 1. The second-order valence-corrected chi connectivity index (χ2v) is 14.0. The minimum absolute atomic E-state index is 0.105. The summed E-state index contributed by atoms with van der Waals surface area (Å²) in [6, 6.07) is 0.454. The van der Waals surface area contributed by atoms with Crippen molar-refractivity contribution in [2.75, 3.05) is 6.54 Å². The number of amides is 1. The van der Waals surface area contributed by atoms with Crippen LogP contribution >= 0.6 is 0 Å². The standard InChI is InChI=1S/C10H19NO.C10H16O2.C10H20/c1-8(12)11-7-5-6-9(11)10(2,3)4;1-7-5-9(11)12-8(7)6-10(2,3)4;1-10(2,3)9-7-5-4-6-8-9/h9H,5-7H2,1-4H3;5-6H2,1-4H3;9H,4-8H2,1-3H3. The van der Waals surface area contributed by atoms with Gasteiger partial charge < -0.3 is 9.64 Å². The Hall–Kier alpha value is -1.32. The monoisotopic (exact) mass is 477 g/mol. The van der Waals surface area contributed by atoms with Crippen LogP contribution in [0.3, 0.4) is 0 Å². The molecule has 0 aromatic heterocycles. The van der Waals surface area contributed by atoms with Gasteiger partial charge in [0.15, 0.2) is 0 Å². The van der Waals surface area contributed by atoms with Gasteiger partial charge in [-0.15, -0.1) is 0 Å². The zero-order valence-electron chi connectivity index (χ0n) is 24.4. The molecule has 4 heteroatoms. The van der Waals surface area contributed by atoms with Crippen LogP contribution in [0.15, 0.2) is 11.3 Å². The molecule has 4 nitrogen and oxygen atoms in total. The van der Waals surface area contributed by atoms with Crippen molar-refractivity contribution in [3.63, 3.8) is 0 Å². The predicted octanol–water partition coefficient (Wildman–Crippen LogP) is 8.30. The first-order valence-corrected chi connectivity index (χ1v) is 13.6. The van der Waals surface area contributed by atoms with Gasteiger partial charge in [0.25, 0.3) is 0 Å². The third-order valence-electron chi connectivity index (χ3n) is 7.30. The molecule has 0 spiro atoms. The van der Waals surface area contributed by atoms with Gasteiger partial charge in [-0.05, 0) is 60.3 Å². The predicted molar refractivity (Wildman–Crippen MR) is 143 cm³/mol. The number of nitrogens with zero attached hydrogens (tertiary/aromatic N) is 1. The van der Waals surface area contributed by atoms with E-state index in [0.29, 0.717) is 17.9 Å². The first-order chi connectivity index (χ1) is 15.4. The van der Waals surface area contributed by atoms with E-state index in [1.165, 1.54) is 44.9 Å². The van der Waals surface area contributed by atoms with Gasteiger partial charge in [-0.2, -0.15) is 0 Å². The molecule has 1 unspecified atom stereocenters. The molecule has 1 saturated heterocycles. The molecule has 2 heterocycles. The van der Waals surface area contributed by atoms with Gasteiger partial charge in [-0.25, -0.2) is 0 Å². The van der Waals surface area contributed by atoms with E-state index in [9.17, 15) is 9.59 Å². The summed E-state index contributed by atoms with van der Waals surface area (Å²) in [5.41, 5.74) is 2.10. The summed E-state index contributed by atoms with van der Waals surface area (Å²) >= 11 is 0. The molecule has 2 aliphatic heterocycles. The van der Waals surface area contributed by atoms with Gasteiger partial charge in [0.05, 0.1) is 6.42 Å². The van der Waals surface area contributed by atoms with Gasteiger partial charge >= 0.3 is 5.97 Å². The molecule has 3 aliphatic rings. The van der Waals surface area contributed by atoms with Crippen molar-refractivity contribution in [2.45, 2.75) is 140 Å². The molecule has 0 aromatic carbocycles. The normalized spacial score (nSPS) is 22.0. The average molecular weight is 478 g/mol. The number of hydrogen-bond acceptors (Lipinski definition) is 3. The maximum Gasteiger partial charge on any atom is 0.315 e. The molecule has 0 N–H and O–H groups in total. The Bertz CT molecular complexity index is 694. The fourth-order valence-corrected chi connectivity index (χ4v) is 5.26. The van der Waals surface area contributed by atoms with Crippen LogP contribution in [0.4, 0.5) is 0 Å². The molecule has 198 valence electrons. The lowest BCUT2D eigenvalue weighted by molar-refractivity contribution is -0.137. The fourth-order valence-electron chi connectivity index (χ4n) is 5.26. The number of carbonyl (C=O) groups is 2. The molecule has 3 rings (SSSR count). The highest BCUT2D eigenvalue weighted by Crippen LogP contribution is 2.37. The first-order valence-electron chi connectivity index (χ1n) is 13.6. The molecule has 1 amide bonds. The van der Waals surface area contributed by atoms with E-state index >= 15 is 0 Å². The van der Waals surface area contributed by atoms with E-state index in [0.717, 1.165) is 30.2 Å². The van der Waals surface area contributed by atoms with Crippen LogP contribution < -0.4 is 0 Å². The van der Waals surface area contributed by atoms with Crippen molar-refractivity contribution >= 4 is 11.9 Å². The Labute approximate surface area is 211 Å². The van der Waals surface area contributed by atoms with Crippen LogP contribution in [0.1, 0.15) is 134 Å². The van der Waals surface area contributed by atoms with Gasteiger partial charge in [0.1, 0.15) is 5.76 Å². The number of ether oxygens (including phenoxy) is 1. The van der Waals surface area contributed by atoms with Crippen molar-refractivity contribution in [3.05, 3.63) is 11.3 Å². The van der Waals surface area contributed by atoms with Crippen molar-refractivity contribution < 1.29 is 14.3 Å². The van der Waals surface area contributed by atoms with Crippen LogP contribution in [0.5, 0.6) is 0 Å². The van der Waals surface area contributed by atoms with E-state index in [1.807, 2.05) is 11.8 Å². The van der Waals surface area contributed by atoms with Crippen molar-refractivity contribution in [2.24, 2.45) is 22.2 Å². The first kappa shape index (κ1) is 30.7. The molecule has 34 heavy (non-hydrogen) atoms. The van der Waals surface area contributed by atoms with Crippen molar-refractivity contribution in [1.82, 2.24) is 4.90 Å². The summed E-state index contributed by atoms with van der Waals surface area (Å²) in [4.78, 5) is 24.1. The summed E-state index contributed by atoms with van der Waals surface area (Å²) in [7, 11) is 0. The second kappa shape index (κ2) is 12.6. The molecular formula is C30H55NO3. The summed E-state index contributed by atoms with van der Waals surface area (Å²) < 4.78 is 5.09. The van der Waals surface area contributed by atoms with Crippen LogP contribution in [0, 0.1) is 22.2 Å². The highest BCUT2D eigenvalue weighted by atomic mass is 16.5. The lowest BCUT2D eigenvalue weighted by Gasteiger charge is -2.34. The molecule has 1 aliphatic carbocycles.